The number of hydrogen-bond acceptors (Lipinski definition) is 0. The summed E-state index contributed by atoms with van der Waals surface area (Å²) >= 11 is 0. The van der Waals surface area contributed by atoms with Gasteiger partial charge in [0.15, 0.2) is 0 Å². The smallest absolute Gasteiger partial charge is 0.0991 e. The van der Waals surface area contributed by atoms with Crippen LogP contribution in [-0.4, -0.2) is 7.85 Å². The monoisotopic (exact) mass is 292 g/mol. The summed E-state index contributed by atoms with van der Waals surface area (Å²) in [5, 5.41) is 0. The highest BCUT2D eigenvalue weighted by atomic mass is 14.0. The highest BCUT2D eigenvalue weighted by molar-refractivity contribution is 6.12. The van der Waals surface area contributed by atoms with E-state index in [1.54, 1.807) is 6.08 Å². The Balaban J connectivity index is 4.82. The van der Waals surface area contributed by atoms with Crippen molar-refractivity contribution in [2.24, 2.45) is 0 Å². The molecule has 0 radical (unpaired) electrons. The molecule has 0 fully saturated rings. The minimum atomic E-state index is 0.539. The van der Waals surface area contributed by atoms with Crippen molar-refractivity contribution in [1.29, 1.82) is 0 Å². The van der Waals surface area contributed by atoms with Crippen molar-refractivity contribution in [3.8, 4) is 0 Å². The molecule has 0 nitrogen and oxygen atoms in total. The van der Waals surface area contributed by atoms with E-state index >= 15 is 0 Å². The molecule has 0 aliphatic carbocycles. The fourth-order valence-electron chi connectivity index (χ4n) is 1.95. The van der Waals surface area contributed by atoms with Gasteiger partial charge in [0, 0.05) is 0 Å². The minimum Gasteiger partial charge on any atom is -0.0991 e. The number of rotatable bonds is 11. The molecule has 0 bridgehead atoms. The molecular weight excluding hydrogens is 263 g/mol. The summed E-state index contributed by atoms with van der Waals surface area (Å²) in [6.07, 6.45) is 20.9. The van der Waals surface area contributed by atoms with E-state index in [2.05, 4.69) is 65.4 Å². The Bertz CT molecular complexity index is 496. The molecule has 0 aliphatic heterocycles. The van der Waals surface area contributed by atoms with E-state index in [1.807, 2.05) is 24.3 Å². The van der Waals surface area contributed by atoms with E-state index < -0.39 is 0 Å². The van der Waals surface area contributed by atoms with E-state index in [0.717, 1.165) is 19.3 Å². The first-order valence-electron chi connectivity index (χ1n) is 7.81. The van der Waals surface area contributed by atoms with Gasteiger partial charge in [-0.1, -0.05) is 93.7 Å². The summed E-state index contributed by atoms with van der Waals surface area (Å²) in [7, 11) is 2.18. The van der Waals surface area contributed by atoms with E-state index in [-0.39, 0.29) is 0 Å². The van der Waals surface area contributed by atoms with Gasteiger partial charge in [-0.3, -0.25) is 0 Å². The first kappa shape index (κ1) is 20.0. The van der Waals surface area contributed by atoms with Crippen LogP contribution in [0, 0.1) is 0 Å². The van der Waals surface area contributed by atoms with Crippen molar-refractivity contribution in [2.75, 3.05) is 0 Å². The first-order valence-corrected chi connectivity index (χ1v) is 7.81. The van der Waals surface area contributed by atoms with Gasteiger partial charge in [-0.2, -0.15) is 0 Å². The van der Waals surface area contributed by atoms with Gasteiger partial charge >= 0.3 is 0 Å². The van der Waals surface area contributed by atoms with E-state index in [9.17, 15) is 0 Å². The third-order valence-electron chi connectivity index (χ3n) is 3.16. The van der Waals surface area contributed by atoms with Crippen LogP contribution in [0.1, 0.15) is 26.2 Å². The summed E-state index contributed by atoms with van der Waals surface area (Å²) in [6.45, 7) is 17.5. The Morgan fingerprint density at radius 1 is 0.864 bits per heavy atom. The third kappa shape index (κ3) is 9.82. The molecule has 0 aromatic rings. The normalized spacial score (nSPS) is 14.7. The Kier molecular flexibility index (Phi) is 11.5. The molecular formula is C21H29B. The summed E-state index contributed by atoms with van der Waals surface area (Å²) in [6, 6.07) is 0. The van der Waals surface area contributed by atoms with Gasteiger partial charge in [0.05, 0.1) is 0 Å². The Labute approximate surface area is 138 Å². The molecule has 0 heterocycles. The lowest BCUT2D eigenvalue weighted by atomic mass is 9.87. The Morgan fingerprint density at radius 2 is 1.36 bits per heavy atom. The fraction of sp³-hybridized carbons (Fsp3) is 0.238. The number of allylic oxidation sites excluding steroid dienone is 12. The van der Waals surface area contributed by atoms with E-state index in [0.29, 0.717) is 5.82 Å². The lowest BCUT2D eigenvalue weighted by molar-refractivity contribution is 1.13. The maximum absolute atomic E-state index is 3.91. The van der Waals surface area contributed by atoms with Crippen LogP contribution in [-0.2, 0) is 0 Å². The predicted octanol–water partition coefficient (Wildman–Crippen LogP) is 5.68. The Hall–Kier alpha value is -2.02. The van der Waals surface area contributed by atoms with Crippen LogP contribution in [0.2, 0.25) is 5.82 Å². The van der Waals surface area contributed by atoms with Crippen LogP contribution in [0.3, 0.4) is 0 Å². The maximum atomic E-state index is 3.91. The highest BCUT2D eigenvalue weighted by Crippen LogP contribution is 2.15. The zero-order chi connectivity index (χ0) is 16.8. The van der Waals surface area contributed by atoms with Crippen molar-refractivity contribution in [3.05, 3.63) is 97.7 Å². The van der Waals surface area contributed by atoms with Crippen LogP contribution in [0.15, 0.2) is 97.7 Å². The zero-order valence-electron chi connectivity index (χ0n) is 14.2. The summed E-state index contributed by atoms with van der Waals surface area (Å²) < 4.78 is 0. The standard InChI is InChI=1S/C21H29B/c1-6-10-11-12-19(7-2)13-14-20(8-3)15-16-21(9-4)17-18(5)22/h6-11,13,15,17-18H,1-4,12,14,16,22H2,5H3/b11-10-,19-13-,20-15+,21-17-. The third-order valence-corrected chi connectivity index (χ3v) is 3.16. The molecule has 0 saturated carbocycles. The molecule has 1 unspecified atom stereocenters. The van der Waals surface area contributed by atoms with Crippen molar-refractivity contribution in [1.82, 2.24) is 0 Å². The van der Waals surface area contributed by atoms with Gasteiger partial charge in [-0.05, 0) is 36.0 Å². The second kappa shape index (κ2) is 12.7. The molecule has 0 rings (SSSR count). The second-order valence-corrected chi connectivity index (χ2v) is 5.43. The fourth-order valence-corrected chi connectivity index (χ4v) is 1.95. The summed E-state index contributed by atoms with van der Waals surface area (Å²) in [5.74, 6) is 0.539. The first-order chi connectivity index (χ1) is 10.6. The minimum absolute atomic E-state index is 0.539. The van der Waals surface area contributed by atoms with Crippen LogP contribution < -0.4 is 0 Å². The predicted molar refractivity (Wildman–Crippen MR) is 106 cm³/mol. The molecule has 22 heavy (non-hydrogen) atoms. The topological polar surface area (TPSA) is 0 Å². The van der Waals surface area contributed by atoms with Gasteiger partial charge in [0.1, 0.15) is 7.85 Å². The van der Waals surface area contributed by atoms with E-state index in [1.165, 1.54) is 16.7 Å². The second-order valence-electron chi connectivity index (χ2n) is 5.43. The number of hydrogen-bond donors (Lipinski definition) is 0. The average molecular weight is 292 g/mol. The lowest BCUT2D eigenvalue weighted by Crippen LogP contribution is -1.85. The summed E-state index contributed by atoms with van der Waals surface area (Å²) in [4.78, 5) is 0. The zero-order valence-corrected chi connectivity index (χ0v) is 14.2. The largest absolute Gasteiger partial charge is 0.109 e. The van der Waals surface area contributed by atoms with Crippen molar-refractivity contribution < 1.29 is 0 Å². The van der Waals surface area contributed by atoms with Gasteiger partial charge in [-0.25, -0.2) is 0 Å². The van der Waals surface area contributed by atoms with Gasteiger partial charge in [0.25, 0.3) is 0 Å². The van der Waals surface area contributed by atoms with Crippen molar-refractivity contribution >= 4 is 7.85 Å². The van der Waals surface area contributed by atoms with Crippen LogP contribution in [0.5, 0.6) is 0 Å². The van der Waals surface area contributed by atoms with Crippen molar-refractivity contribution in [2.45, 2.75) is 32.0 Å². The summed E-state index contributed by atoms with van der Waals surface area (Å²) in [5.41, 5.74) is 3.70. The van der Waals surface area contributed by atoms with Gasteiger partial charge in [0.2, 0.25) is 0 Å². The molecule has 1 atom stereocenters. The van der Waals surface area contributed by atoms with Gasteiger partial charge in [-0.15, -0.1) is 0 Å². The molecule has 0 aliphatic rings. The molecule has 1 heteroatoms. The molecule has 0 N–H and O–H groups in total. The molecule has 0 saturated heterocycles. The lowest BCUT2D eigenvalue weighted by Gasteiger charge is -2.04. The van der Waals surface area contributed by atoms with Crippen LogP contribution in [0.4, 0.5) is 0 Å². The molecule has 116 valence electrons. The highest BCUT2D eigenvalue weighted by Gasteiger charge is 1.96. The van der Waals surface area contributed by atoms with Crippen LogP contribution in [0.25, 0.3) is 0 Å². The molecule has 0 spiro atoms. The quantitative estimate of drug-likeness (QED) is 0.339. The van der Waals surface area contributed by atoms with Gasteiger partial charge < -0.3 is 0 Å². The van der Waals surface area contributed by atoms with Crippen molar-refractivity contribution in [3.63, 3.8) is 0 Å². The van der Waals surface area contributed by atoms with E-state index in [4.69, 9.17) is 0 Å². The SMILES string of the molecule is BC(C)/C=C(/C=C)C/C=C(\C=C)C/C=C(/C=C)C/C=C\C=C. The average Bonchev–Trinajstić information content (AvgIpc) is 2.51. The maximum Gasteiger partial charge on any atom is 0.109 e. The van der Waals surface area contributed by atoms with Crippen LogP contribution >= 0.6 is 0 Å². The molecule has 0 aromatic heterocycles. The molecule has 0 amide bonds. The molecule has 0 aromatic carbocycles. The Morgan fingerprint density at radius 3 is 1.82 bits per heavy atom.